The van der Waals surface area contributed by atoms with Gasteiger partial charge in [-0.1, -0.05) is 13.3 Å². The number of amides is 1. The van der Waals surface area contributed by atoms with Gasteiger partial charge in [-0.3, -0.25) is 4.79 Å². The summed E-state index contributed by atoms with van der Waals surface area (Å²) >= 11 is 1.94. The summed E-state index contributed by atoms with van der Waals surface area (Å²) in [6.45, 7) is 2.15. The first kappa shape index (κ1) is 16.7. The quantitative estimate of drug-likeness (QED) is 0.818. The predicted molar refractivity (Wildman–Crippen MR) is 85.4 cm³/mol. The average Bonchev–Trinajstić information content (AvgIpc) is 2.48. The molecule has 2 N–H and O–H groups in total. The summed E-state index contributed by atoms with van der Waals surface area (Å²) < 4.78 is 0. The van der Waals surface area contributed by atoms with Gasteiger partial charge in [0.15, 0.2) is 0 Å². The zero-order valence-corrected chi connectivity index (χ0v) is 13.7. The first-order chi connectivity index (χ1) is 10.1. The van der Waals surface area contributed by atoms with Crippen LogP contribution in [0.15, 0.2) is 0 Å². The molecule has 0 bridgehead atoms. The van der Waals surface area contributed by atoms with Gasteiger partial charge in [-0.2, -0.15) is 11.8 Å². The SMILES string of the molecule is CCC1CCC(NC(=O)CC2CCSCC2)(C(=O)O)CC1. The lowest BCUT2D eigenvalue weighted by Gasteiger charge is -2.37. The number of hydrogen-bond donors (Lipinski definition) is 2. The van der Waals surface area contributed by atoms with Crippen molar-refractivity contribution in [3.63, 3.8) is 0 Å². The number of carboxylic acid groups (broad SMARTS) is 1. The smallest absolute Gasteiger partial charge is 0.329 e. The van der Waals surface area contributed by atoms with Crippen LogP contribution < -0.4 is 5.32 Å². The van der Waals surface area contributed by atoms with Crippen LogP contribution in [-0.4, -0.2) is 34.0 Å². The standard InChI is InChI=1S/C16H27NO3S/c1-2-12-3-7-16(8-4-12,15(19)20)17-14(18)11-13-5-9-21-10-6-13/h12-13H,2-11H2,1H3,(H,17,18)(H,19,20). The summed E-state index contributed by atoms with van der Waals surface area (Å²) in [5.41, 5.74) is -1.01. The van der Waals surface area contributed by atoms with Gasteiger partial charge >= 0.3 is 5.97 Å². The van der Waals surface area contributed by atoms with Crippen LogP contribution in [0.4, 0.5) is 0 Å². The fraction of sp³-hybridized carbons (Fsp3) is 0.875. The molecule has 0 spiro atoms. The van der Waals surface area contributed by atoms with E-state index in [9.17, 15) is 14.7 Å². The van der Waals surface area contributed by atoms with Crippen molar-refractivity contribution >= 4 is 23.6 Å². The van der Waals surface area contributed by atoms with Crippen LogP contribution in [0.2, 0.25) is 0 Å². The molecule has 1 amide bonds. The lowest BCUT2D eigenvalue weighted by Crippen LogP contribution is -2.56. The van der Waals surface area contributed by atoms with Crippen LogP contribution in [0.3, 0.4) is 0 Å². The topological polar surface area (TPSA) is 66.4 Å². The maximum absolute atomic E-state index is 12.3. The Bertz CT molecular complexity index is 372. The van der Waals surface area contributed by atoms with E-state index >= 15 is 0 Å². The second-order valence-electron chi connectivity index (χ2n) is 6.55. The van der Waals surface area contributed by atoms with Crippen molar-refractivity contribution in [2.24, 2.45) is 11.8 Å². The number of hydrogen-bond acceptors (Lipinski definition) is 3. The monoisotopic (exact) mass is 313 g/mol. The lowest BCUT2D eigenvalue weighted by molar-refractivity contribution is -0.150. The summed E-state index contributed by atoms with van der Waals surface area (Å²) in [5, 5.41) is 12.5. The minimum atomic E-state index is -1.01. The molecule has 4 nitrogen and oxygen atoms in total. The largest absolute Gasteiger partial charge is 0.480 e. The molecule has 0 atom stereocenters. The molecule has 2 fully saturated rings. The Hall–Kier alpha value is -0.710. The Morgan fingerprint density at radius 2 is 1.76 bits per heavy atom. The highest BCUT2D eigenvalue weighted by Gasteiger charge is 2.43. The molecular weight excluding hydrogens is 286 g/mol. The Morgan fingerprint density at radius 3 is 2.29 bits per heavy atom. The number of carbonyl (C=O) groups is 2. The molecule has 1 saturated carbocycles. The number of nitrogens with one attached hydrogen (secondary N) is 1. The van der Waals surface area contributed by atoms with Gasteiger partial charge in [0.1, 0.15) is 5.54 Å². The average molecular weight is 313 g/mol. The van der Waals surface area contributed by atoms with Gasteiger partial charge in [0.25, 0.3) is 0 Å². The molecule has 2 rings (SSSR count). The molecule has 1 saturated heterocycles. The predicted octanol–water partition coefficient (Wildman–Crippen LogP) is 3.06. The number of thioether (sulfide) groups is 1. The molecule has 120 valence electrons. The fourth-order valence-corrected chi connectivity index (χ4v) is 4.71. The van der Waals surface area contributed by atoms with Crippen molar-refractivity contribution < 1.29 is 14.7 Å². The molecule has 0 aromatic rings. The Labute approximate surface area is 131 Å². The number of carbonyl (C=O) groups excluding carboxylic acids is 1. The molecule has 0 aromatic heterocycles. The minimum Gasteiger partial charge on any atom is -0.480 e. The van der Waals surface area contributed by atoms with Crippen molar-refractivity contribution in [1.29, 1.82) is 0 Å². The van der Waals surface area contributed by atoms with Gasteiger partial charge in [-0.05, 0) is 61.9 Å². The van der Waals surface area contributed by atoms with E-state index in [1.807, 2.05) is 11.8 Å². The highest BCUT2D eigenvalue weighted by atomic mass is 32.2. The summed E-state index contributed by atoms with van der Waals surface area (Å²) in [5.74, 6) is 2.38. The highest BCUT2D eigenvalue weighted by molar-refractivity contribution is 7.99. The van der Waals surface area contributed by atoms with Gasteiger partial charge in [0.05, 0.1) is 0 Å². The van der Waals surface area contributed by atoms with Gasteiger partial charge in [-0.25, -0.2) is 4.79 Å². The van der Waals surface area contributed by atoms with Crippen LogP contribution >= 0.6 is 11.8 Å². The molecule has 0 unspecified atom stereocenters. The summed E-state index contributed by atoms with van der Waals surface area (Å²) in [7, 11) is 0. The molecule has 1 aliphatic heterocycles. The Kier molecular flexibility index (Phi) is 5.97. The van der Waals surface area contributed by atoms with E-state index < -0.39 is 11.5 Å². The normalized spacial score (nSPS) is 30.8. The first-order valence-corrected chi connectivity index (χ1v) is 9.33. The van der Waals surface area contributed by atoms with E-state index in [0.717, 1.165) is 43.6 Å². The zero-order chi connectivity index (χ0) is 15.3. The van der Waals surface area contributed by atoms with E-state index in [1.54, 1.807) is 0 Å². The van der Waals surface area contributed by atoms with Gasteiger partial charge in [0, 0.05) is 6.42 Å². The van der Waals surface area contributed by atoms with E-state index in [-0.39, 0.29) is 5.91 Å². The van der Waals surface area contributed by atoms with E-state index in [4.69, 9.17) is 0 Å². The number of carboxylic acids is 1. The summed E-state index contributed by atoms with van der Waals surface area (Å²) in [4.78, 5) is 23.9. The van der Waals surface area contributed by atoms with Gasteiger partial charge in [-0.15, -0.1) is 0 Å². The molecule has 2 aliphatic rings. The van der Waals surface area contributed by atoms with Crippen LogP contribution in [-0.2, 0) is 9.59 Å². The van der Waals surface area contributed by atoms with Crippen molar-refractivity contribution in [3.05, 3.63) is 0 Å². The molecular formula is C16H27NO3S. The zero-order valence-electron chi connectivity index (χ0n) is 12.9. The Morgan fingerprint density at radius 1 is 1.14 bits per heavy atom. The van der Waals surface area contributed by atoms with E-state index in [1.165, 1.54) is 0 Å². The minimum absolute atomic E-state index is 0.0655. The highest BCUT2D eigenvalue weighted by Crippen LogP contribution is 2.34. The number of rotatable bonds is 5. The molecule has 5 heteroatoms. The third-order valence-electron chi connectivity index (χ3n) is 5.14. The molecule has 21 heavy (non-hydrogen) atoms. The van der Waals surface area contributed by atoms with Crippen molar-refractivity contribution in [2.45, 2.75) is 63.8 Å². The van der Waals surface area contributed by atoms with Gasteiger partial charge < -0.3 is 10.4 Å². The van der Waals surface area contributed by atoms with E-state index in [0.29, 0.717) is 31.1 Å². The van der Waals surface area contributed by atoms with Crippen LogP contribution in [0.1, 0.15) is 58.3 Å². The van der Waals surface area contributed by atoms with Crippen LogP contribution in [0, 0.1) is 11.8 Å². The van der Waals surface area contributed by atoms with Crippen molar-refractivity contribution in [1.82, 2.24) is 5.32 Å². The molecule has 0 aromatic carbocycles. The number of aliphatic carboxylic acids is 1. The maximum atomic E-state index is 12.3. The fourth-order valence-electron chi connectivity index (χ4n) is 3.50. The van der Waals surface area contributed by atoms with E-state index in [2.05, 4.69) is 12.2 Å². The lowest BCUT2D eigenvalue weighted by atomic mass is 9.75. The molecule has 1 heterocycles. The third-order valence-corrected chi connectivity index (χ3v) is 6.19. The third kappa shape index (κ3) is 4.38. The first-order valence-electron chi connectivity index (χ1n) is 8.18. The Balaban J connectivity index is 1.90. The second-order valence-corrected chi connectivity index (χ2v) is 7.77. The molecule has 1 aliphatic carbocycles. The summed E-state index contributed by atoms with van der Waals surface area (Å²) in [6.07, 6.45) is 6.72. The van der Waals surface area contributed by atoms with Crippen LogP contribution in [0.5, 0.6) is 0 Å². The van der Waals surface area contributed by atoms with Gasteiger partial charge in [0.2, 0.25) is 5.91 Å². The van der Waals surface area contributed by atoms with Crippen molar-refractivity contribution in [3.8, 4) is 0 Å². The summed E-state index contributed by atoms with van der Waals surface area (Å²) in [6, 6.07) is 0. The second kappa shape index (κ2) is 7.52. The van der Waals surface area contributed by atoms with Crippen molar-refractivity contribution in [2.75, 3.05) is 11.5 Å². The maximum Gasteiger partial charge on any atom is 0.329 e. The molecule has 0 radical (unpaired) electrons. The van der Waals surface area contributed by atoms with Crippen LogP contribution in [0.25, 0.3) is 0 Å².